The van der Waals surface area contributed by atoms with Gasteiger partial charge in [0.1, 0.15) is 0 Å². The Morgan fingerprint density at radius 2 is 2.00 bits per heavy atom. The maximum atomic E-state index is 12.4. The quantitative estimate of drug-likeness (QED) is 0.809. The molecule has 0 bridgehead atoms. The van der Waals surface area contributed by atoms with Crippen molar-refractivity contribution in [1.29, 1.82) is 0 Å². The summed E-state index contributed by atoms with van der Waals surface area (Å²) in [6, 6.07) is 3.76. The second-order valence-corrected chi connectivity index (χ2v) is 6.62. The van der Waals surface area contributed by atoms with Crippen LogP contribution >= 0.6 is 0 Å². The van der Waals surface area contributed by atoms with Crippen LogP contribution in [-0.4, -0.2) is 45.1 Å². The standard InChI is InChI=1S/C18H22N4O2/c23-18(15-3-1-2-4-15)21-10-7-14(8-11-21)13-24-17-6-5-16-19-9-12-22(16)20-17/h1-2,5-6,9,12,14-15H,3-4,7-8,10-11,13H2. The van der Waals surface area contributed by atoms with Crippen molar-refractivity contribution in [1.82, 2.24) is 19.5 Å². The summed E-state index contributed by atoms with van der Waals surface area (Å²) < 4.78 is 7.56. The van der Waals surface area contributed by atoms with E-state index in [-0.39, 0.29) is 5.92 Å². The lowest BCUT2D eigenvalue weighted by molar-refractivity contribution is -0.136. The van der Waals surface area contributed by atoms with Crippen molar-refractivity contribution >= 4 is 11.6 Å². The van der Waals surface area contributed by atoms with Crippen molar-refractivity contribution in [2.24, 2.45) is 11.8 Å². The third kappa shape index (κ3) is 3.13. The molecule has 1 fully saturated rings. The van der Waals surface area contributed by atoms with E-state index in [0.717, 1.165) is 44.4 Å². The van der Waals surface area contributed by atoms with E-state index in [1.807, 2.05) is 23.2 Å². The van der Waals surface area contributed by atoms with Gasteiger partial charge in [-0.05, 0) is 37.7 Å². The first-order valence-corrected chi connectivity index (χ1v) is 8.66. The number of imidazole rings is 1. The summed E-state index contributed by atoms with van der Waals surface area (Å²) in [7, 11) is 0. The average molecular weight is 326 g/mol. The van der Waals surface area contributed by atoms with E-state index in [2.05, 4.69) is 22.2 Å². The minimum atomic E-state index is 0.184. The summed E-state index contributed by atoms with van der Waals surface area (Å²) in [4.78, 5) is 18.6. The number of hydrogen-bond donors (Lipinski definition) is 0. The van der Waals surface area contributed by atoms with Gasteiger partial charge in [0, 0.05) is 37.5 Å². The van der Waals surface area contributed by atoms with Crippen LogP contribution in [0, 0.1) is 11.8 Å². The largest absolute Gasteiger partial charge is 0.476 e. The molecule has 126 valence electrons. The zero-order valence-corrected chi connectivity index (χ0v) is 13.7. The fourth-order valence-electron chi connectivity index (χ4n) is 3.47. The minimum Gasteiger partial charge on any atom is -0.476 e. The average Bonchev–Trinajstić information content (AvgIpc) is 3.31. The molecule has 2 aromatic rings. The second kappa shape index (κ2) is 6.63. The Bertz CT molecular complexity index is 738. The Morgan fingerprint density at radius 3 is 2.79 bits per heavy atom. The maximum Gasteiger partial charge on any atom is 0.231 e. The topological polar surface area (TPSA) is 59.7 Å². The number of allylic oxidation sites excluding steroid dienone is 2. The Balaban J connectivity index is 1.26. The van der Waals surface area contributed by atoms with Gasteiger partial charge in [0.25, 0.3) is 0 Å². The van der Waals surface area contributed by atoms with E-state index in [0.29, 0.717) is 24.3 Å². The number of nitrogens with zero attached hydrogens (tertiary/aromatic N) is 4. The van der Waals surface area contributed by atoms with Crippen molar-refractivity contribution < 1.29 is 9.53 Å². The van der Waals surface area contributed by atoms with E-state index in [1.54, 1.807) is 10.7 Å². The van der Waals surface area contributed by atoms with Gasteiger partial charge in [-0.2, -0.15) is 0 Å². The van der Waals surface area contributed by atoms with E-state index in [4.69, 9.17) is 4.74 Å². The van der Waals surface area contributed by atoms with E-state index in [9.17, 15) is 4.79 Å². The summed E-state index contributed by atoms with van der Waals surface area (Å²) in [6.45, 7) is 2.34. The predicted molar refractivity (Wildman–Crippen MR) is 89.7 cm³/mol. The highest BCUT2D eigenvalue weighted by Gasteiger charge is 2.28. The second-order valence-electron chi connectivity index (χ2n) is 6.62. The molecule has 1 amide bonds. The van der Waals surface area contributed by atoms with Crippen LogP contribution in [-0.2, 0) is 4.79 Å². The Morgan fingerprint density at radius 1 is 1.21 bits per heavy atom. The van der Waals surface area contributed by atoms with Crippen LogP contribution in [0.15, 0.2) is 36.7 Å². The molecule has 4 rings (SSSR count). The molecular formula is C18H22N4O2. The van der Waals surface area contributed by atoms with Gasteiger partial charge in [-0.25, -0.2) is 9.50 Å². The van der Waals surface area contributed by atoms with Gasteiger partial charge in [0.05, 0.1) is 6.61 Å². The molecule has 6 heteroatoms. The SMILES string of the molecule is O=C(C1CC=CC1)N1CCC(COc2ccc3nccn3n2)CC1. The molecule has 2 aromatic heterocycles. The van der Waals surface area contributed by atoms with Crippen LogP contribution in [0.4, 0.5) is 0 Å². The molecule has 3 heterocycles. The minimum absolute atomic E-state index is 0.184. The van der Waals surface area contributed by atoms with Gasteiger partial charge < -0.3 is 9.64 Å². The van der Waals surface area contributed by atoms with Gasteiger partial charge in [0.2, 0.25) is 11.8 Å². The van der Waals surface area contributed by atoms with Crippen molar-refractivity contribution in [3.05, 3.63) is 36.7 Å². The predicted octanol–water partition coefficient (Wildman–Crippen LogP) is 2.31. The van der Waals surface area contributed by atoms with Gasteiger partial charge in [-0.3, -0.25) is 4.79 Å². The molecule has 1 aliphatic carbocycles. The van der Waals surface area contributed by atoms with Gasteiger partial charge in [0.15, 0.2) is 5.65 Å². The number of piperidine rings is 1. The van der Waals surface area contributed by atoms with Crippen molar-refractivity contribution in [3.8, 4) is 5.88 Å². The molecule has 0 N–H and O–H groups in total. The van der Waals surface area contributed by atoms with E-state index in [1.165, 1.54) is 0 Å². The normalized spacial score (nSPS) is 19.2. The van der Waals surface area contributed by atoms with Gasteiger partial charge >= 0.3 is 0 Å². The molecule has 0 radical (unpaired) electrons. The number of ether oxygens (including phenoxy) is 1. The lowest BCUT2D eigenvalue weighted by Gasteiger charge is -2.33. The summed E-state index contributed by atoms with van der Waals surface area (Å²) in [6.07, 6.45) is 11.6. The van der Waals surface area contributed by atoms with Crippen molar-refractivity contribution in [3.63, 3.8) is 0 Å². The molecule has 24 heavy (non-hydrogen) atoms. The molecule has 1 saturated heterocycles. The lowest BCUT2D eigenvalue weighted by atomic mass is 9.96. The molecule has 0 spiro atoms. The molecule has 0 aromatic carbocycles. The van der Waals surface area contributed by atoms with Crippen LogP contribution in [0.1, 0.15) is 25.7 Å². The zero-order chi connectivity index (χ0) is 16.4. The summed E-state index contributed by atoms with van der Waals surface area (Å²) >= 11 is 0. The number of hydrogen-bond acceptors (Lipinski definition) is 4. The summed E-state index contributed by atoms with van der Waals surface area (Å²) in [5.74, 6) is 1.61. The molecule has 0 atom stereocenters. The first kappa shape index (κ1) is 15.2. The smallest absolute Gasteiger partial charge is 0.231 e. The fourth-order valence-corrected chi connectivity index (χ4v) is 3.47. The Labute approximate surface area is 141 Å². The molecule has 1 aliphatic heterocycles. The van der Waals surface area contributed by atoms with Gasteiger partial charge in [-0.1, -0.05) is 12.2 Å². The number of likely N-dealkylation sites (tertiary alicyclic amines) is 1. The number of carbonyl (C=O) groups excluding carboxylic acids is 1. The van der Waals surface area contributed by atoms with Crippen LogP contribution in [0.2, 0.25) is 0 Å². The summed E-state index contributed by atoms with van der Waals surface area (Å²) in [5, 5.41) is 4.38. The fraction of sp³-hybridized carbons (Fsp3) is 0.500. The van der Waals surface area contributed by atoms with Crippen LogP contribution in [0.25, 0.3) is 5.65 Å². The Kier molecular flexibility index (Phi) is 4.19. The monoisotopic (exact) mass is 326 g/mol. The maximum absolute atomic E-state index is 12.4. The van der Waals surface area contributed by atoms with Gasteiger partial charge in [-0.15, -0.1) is 5.10 Å². The lowest BCUT2D eigenvalue weighted by Crippen LogP contribution is -2.42. The molecule has 0 saturated carbocycles. The summed E-state index contributed by atoms with van der Waals surface area (Å²) in [5.41, 5.74) is 0.815. The van der Waals surface area contributed by atoms with E-state index >= 15 is 0 Å². The molecule has 2 aliphatic rings. The number of amides is 1. The molecule has 6 nitrogen and oxygen atoms in total. The number of fused-ring (bicyclic) bond motifs is 1. The number of rotatable bonds is 4. The van der Waals surface area contributed by atoms with E-state index < -0.39 is 0 Å². The third-order valence-electron chi connectivity index (χ3n) is 4.98. The first-order chi connectivity index (χ1) is 11.8. The highest BCUT2D eigenvalue weighted by atomic mass is 16.5. The first-order valence-electron chi connectivity index (χ1n) is 8.66. The van der Waals surface area contributed by atoms with Crippen LogP contribution in [0.3, 0.4) is 0 Å². The van der Waals surface area contributed by atoms with Crippen LogP contribution < -0.4 is 4.74 Å². The highest BCUT2D eigenvalue weighted by molar-refractivity contribution is 5.79. The number of carbonyl (C=O) groups is 1. The van der Waals surface area contributed by atoms with Crippen molar-refractivity contribution in [2.45, 2.75) is 25.7 Å². The molecular weight excluding hydrogens is 304 g/mol. The van der Waals surface area contributed by atoms with Crippen LogP contribution in [0.5, 0.6) is 5.88 Å². The zero-order valence-electron chi connectivity index (χ0n) is 13.7. The highest BCUT2D eigenvalue weighted by Crippen LogP contribution is 2.24. The Hall–Kier alpha value is -2.37. The van der Waals surface area contributed by atoms with Crippen molar-refractivity contribution in [2.75, 3.05) is 19.7 Å². The third-order valence-corrected chi connectivity index (χ3v) is 4.98. The molecule has 0 unspecified atom stereocenters. The number of aromatic nitrogens is 3.